The molecule has 1 aromatic rings. The molecule has 1 aliphatic rings. The fourth-order valence-electron chi connectivity index (χ4n) is 1.54. The first-order valence-electron chi connectivity index (χ1n) is 6.30. The van der Waals surface area contributed by atoms with E-state index in [4.69, 9.17) is 4.74 Å². The summed E-state index contributed by atoms with van der Waals surface area (Å²) in [6, 6.07) is 1.41. The zero-order valence-corrected chi connectivity index (χ0v) is 10.6. The van der Waals surface area contributed by atoms with E-state index < -0.39 is 12.8 Å². The Morgan fingerprint density at radius 1 is 1.37 bits per heavy atom. The van der Waals surface area contributed by atoms with Crippen LogP contribution < -0.4 is 10.1 Å². The van der Waals surface area contributed by atoms with Crippen LogP contribution >= 0.6 is 0 Å². The van der Waals surface area contributed by atoms with Crippen LogP contribution in [0.1, 0.15) is 37.9 Å². The minimum Gasteiger partial charge on any atom is -0.468 e. The van der Waals surface area contributed by atoms with Crippen molar-refractivity contribution in [2.75, 3.05) is 18.5 Å². The molecule has 106 valence electrons. The highest BCUT2D eigenvalue weighted by Crippen LogP contribution is 2.39. The van der Waals surface area contributed by atoms with Crippen LogP contribution in [0, 0.1) is 0 Å². The van der Waals surface area contributed by atoms with Crippen molar-refractivity contribution in [3.63, 3.8) is 0 Å². The van der Waals surface area contributed by atoms with E-state index in [1.54, 1.807) is 0 Å². The smallest absolute Gasteiger partial charge is 0.422 e. The number of hydrogen-bond acceptors (Lipinski definition) is 4. The number of rotatable bonds is 6. The summed E-state index contributed by atoms with van der Waals surface area (Å²) in [5, 5.41) is 3.04. The Kier molecular flexibility index (Phi) is 4.11. The number of alkyl halides is 3. The second kappa shape index (κ2) is 5.63. The van der Waals surface area contributed by atoms with Gasteiger partial charge in [-0.1, -0.05) is 6.92 Å². The molecule has 0 aliphatic heterocycles. The molecule has 4 nitrogen and oxygen atoms in total. The third kappa shape index (κ3) is 4.57. The van der Waals surface area contributed by atoms with Crippen LogP contribution in [0.25, 0.3) is 0 Å². The van der Waals surface area contributed by atoms with Crippen LogP contribution in [-0.2, 0) is 0 Å². The first-order valence-corrected chi connectivity index (χ1v) is 6.30. The van der Waals surface area contributed by atoms with Gasteiger partial charge < -0.3 is 10.1 Å². The van der Waals surface area contributed by atoms with Gasteiger partial charge in [0.25, 0.3) is 0 Å². The minimum atomic E-state index is -4.36. The van der Waals surface area contributed by atoms with Crippen molar-refractivity contribution in [1.29, 1.82) is 0 Å². The van der Waals surface area contributed by atoms with Crippen LogP contribution in [0.4, 0.5) is 19.0 Å². The fourth-order valence-corrected chi connectivity index (χ4v) is 1.54. The average Bonchev–Trinajstić information content (AvgIpc) is 3.17. The van der Waals surface area contributed by atoms with E-state index in [2.05, 4.69) is 15.3 Å². The molecule has 1 heterocycles. The maximum absolute atomic E-state index is 12.1. The molecule has 0 unspecified atom stereocenters. The van der Waals surface area contributed by atoms with Crippen LogP contribution in [0.2, 0.25) is 0 Å². The molecule has 0 amide bonds. The van der Waals surface area contributed by atoms with E-state index in [-0.39, 0.29) is 11.8 Å². The third-order valence-electron chi connectivity index (χ3n) is 2.60. The van der Waals surface area contributed by atoms with Crippen molar-refractivity contribution in [1.82, 2.24) is 9.97 Å². The zero-order valence-electron chi connectivity index (χ0n) is 10.6. The Balaban J connectivity index is 2.09. The summed E-state index contributed by atoms with van der Waals surface area (Å²) < 4.78 is 41.1. The average molecular weight is 275 g/mol. The minimum absolute atomic E-state index is 0.0205. The first kappa shape index (κ1) is 13.9. The van der Waals surface area contributed by atoms with Crippen LogP contribution in [0.15, 0.2) is 6.07 Å². The quantitative estimate of drug-likeness (QED) is 0.866. The molecule has 0 atom stereocenters. The van der Waals surface area contributed by atoms with Crippen molar-refractivity contribution < 1.29 is 17.9 Å². The van der Waals surface area contributed by atoms with Crippen molar-refractivity contribution in [3.05, 3.63) is 11.9 Å². The second-order valence-electron chi connectivity index (χ2n) is 4.55. The number of ether oxygens (including phenoxy) is 1. The van der Waals surface area contributed by atoms with Crippen molar-refractivity contribution in [3.8, 4) is 5.88 Å². The van der Waals surface area contributed by atoms with Crippen molar-refractivity contribution in [2.24, 2.45) is 0 Å². The number of hydrogen-bond donors (Lipinski definition) is 1. The van der Waals surface area contributed by atoms with E-state index in [9.17, 15) is 13.2 Å². The van der Waals surface area contributed by atoms with E-state index >= 15 is 0 Å². The number of halogens is 3. The van der Waals surface area contributed by atoms with Crippen LogP contribution in [0.3, 0.4) is 0 Å². The summed E-state index contributed by atoms with van der Waals surface area (Å²) in [4.78, 5) is 8.33. The molecule has 1 aliphatic carbocycles. The Hall–Kier alpha value is -1.53. The lowest BCUT2D eigenvalue weighted by atomic mass is 10.4. The molecule has 2 rings (SSSR count). The van der Waals surface area contributed by atoms with Crippen molar-refractivity contribution >= 4 is 5.82 Å². The molecule has 0 spiro atoms. The van der Waals surface area contributed by atoms with Gasteiger partial charge in [0.2, 0.25) is 5.88 Å². The lowest BCUT2D eigenvalue weighted by Crippen LogP contribution is -2.20. The second-order valence-corrected chi connectivity index (χ2v) is 4.55. The molecule has 0 radical (unpaired) electrons. The predicted octanol–water partition coefficient (Wildman–Crippen LogP) is 3.12. The fraction of sp³-hybridized carbons (Fsp3) is 0.667. The zero-order chi connectivity index (χ0) is 13.9. The molecule has 1 aromatic heterocycles. The summed E-state index contributed by atoms with van der Waals surface area (Å²) >= 11 is 0. The number of anilines is 1. The van der Waals surface area contributed by atoms with Gasteiger partial charge >= 0.3 is 6.18 Å². The molecule has 1 fully saturated rings. The molecule has 1 saturated carbocycles. The first-order chi connectivity index (χ1) is 8.98. The molecule has 1 N–H and O–H groups in total. The maximum atomic E-state index is 12.1. The molecule has 19 heavy (non-hydrogen) atoms. The van der Waals surface area contributed by atoms with Gasteiger partial charge in [-0.2, -0.15) is 18.2 Å². The van der Waals surface area contributed by atoms with Gasteiger partial charge in [-0.25, -0.2) is 4.98 Å². The number of nitrogens with zero attached hydrogens (tertiary/aromatic N) is 2. The van der Waals surface area contributed by atoms with Crippen molar-refractivity contribution in [2.45, 2.75) is 38.3 Å². The normalized spacial score (nSPS) is 15.4. The van der Waals surface area contributed by atoms with Gasteiger partial charge in [0.15, 0.2) is 6.61 Å². The Labute approximate surface area is 109 Å². The topological polar surface area (TPSA) is 47.0 Å². The Bertz CT molecular complexity index is 433. The molecular weight excluding hydrogens is 259 g/mol. The van der Waals surface area contributed by atoms with Gasteiger partial charge in [-0.15, -0.1) is 0 Å². The van der Waals surface area contributed by atoms with E-state index in [1.165, 1.54) is 6.07 Å². The van der Waals surface area contributed by atoms with Gasteiger partial charge in [-0.05, 0) is 19.3 Å². The summed E-state index contributed by atoms with van der Waals surface area (Å²) in [6.07, 6.45) is -1.49. The van der Waals surface area contributed by atoms with Crippen LogP contribution in [0.5, 0.6) is 5.88 Å². The molecule has 0 aromatic carbocycles. The molecule has 0 saturated heterocycles. The van der Waals surface area contributed by atoms with Crippen LogP contribution in [-0.4, -0.2) is 29.3 Å². The van der Waals surface area contributed by atoms with Gasteiger partial charge in [-0.3, -0.25) is 0 Å². The lowest BCUT2D eigenvalue weighted by molar-refractivity contribution is -0.154. The van der Waals surface area contributed by atoms with Gasteiger partial charge in [0, 0.05) is 18.5 Å². The summed E-state index contributed by atoms with van der Waals surface area (Å²) in [5.74, 6) is 1.33. The lowest BCUT2D eigenvalue weighted by Gasteiger charge is -2.11. The third-order valence-corrected chi connectivity index (χ3v) is 2.60. The predicted molar refractivity (Wildman–Crippen MR) is 64.3 cm³/mol. The Morgan fingerprint density at radius 3 is 2.68 bits per heavy atom. The van der Waals surface area contributed by atoms with E-state index in [0.717, 1.165) is 19.3 Å². The van der Waals surface area contributed by atoms with Gasteiger partial charge in [0.05, 0.1) is 0 Å². The molecule has 7 heteroatoms. The summed E-state index contributed by atoms with van der Waals surface area (Å²) in [5.41, 5.74) is 0. The highest BCUT2D eigenvalue weighted by Gasteiger charge is 2.30. The maximum Gasteiger partial charge on any atom is 0.422 e. The molecular formula is C12H16F3N3O. The largest absolute Gasteiger partial charge is 0.468 e. The summed E-state index contributed by atoms with van der Waals surface area (Å²) in [7, 11) is 0. The highest BCUT2D eigenvalue weighted by molar-refractivity contribution is 5.39. The highest BCUT2D eigenvalue weighted by atomic mass is 19.4. The van der Waals surface area contributed by atoms with E-state index in [1.807, 2.05) is 6.92 Å². The summed E-state index contributed by atoms with van der Waals surface area (Å²) in [6.45, 7) is 1.37. The van der Waals surface area contributed by atoms with Gasteiger partial charge in [0.1, 0.15) is 11.6 Å². The monoisotopic (exact) mass is 275 g/mol. The standard InChI is InChI=1S/C12H16F3N3O/c1-2-5-16-9-6-10(19-7-12(13,14)15)18-11(17-9)8-3-4-8/h6,8H,2-5,7H2,1H3,(H,16,17,18). The Morgan fingerprint density at radius 2 is 2.11 bits per heavy atom. The van der Waals surface area contributed by atoms with E-state index in [0.29, 0.717) is 18.2 Å². The SMILES string of the molecule is CCCNc1cc(OCC(F)(F)F)nc(C2CC2)n1. The number of aromatic nitrogens is 2. The molecule has 0 bridgehead atoms. The number of nitrogens with one attached hydrogen (secondary N) is 1.